The van der Waals surface area contributed by atoms with E-state index >= 15 is 0 Å². The molecular weight excluding hydrogens is 509 g/mol. The molecule has 0 radical (unpaired) electrons. The molecule has 0 aliphatic rings. The number of ketones is 1. The molecule has 9 heteroatoms. The van der Waals surface area contributed by atoms with E-state index in [1.165, 1.54) is 19.1 Å². The van der Waals surface area contributed by atoms with Crippen molar-refractivity contribution in [3.8, 4) is 11.5 Å². The van der Waals surface area contributed by atoms with Gasteiger partial charge >= 0.3 is 5.92 Å². The van der Waals surface area contributed by atoms with Crippen molar-refractivity contribution in [3.05, 3.63) is 95.4 Å². The molecule has 0 bridgehead atoms. The summed E-state index contributed by atoms with van der Waals surface area (Å²) in [5.74, 6) is -4.94. The monoisotopic (exact) mass is 538 g/mol. The highest BCUT2D eigenvalue weighted by Crippen LogP contribution is 2.44. The van der Waals surface area contributed by atoms with Crippen LogP contribution in [0.3, 0.4) is 0 Å². The van der Waals surface area contributed by atoms with Crippen LogP contribution in [0.5, 0.6) is 11.5 Å². The maximum Gasteiger partial charge on any atom is 0.340 e. The molecule has 0 saturated heterocycles. The average Bonchev–Trinajstić information content (AvgIpc) is 3.38. The molecule has 204 valence electrons. The number of aromatic nitrogens is 2. The molecule has 2 aromatic heterocycles. The first-order valence-corrected chi connectivity index (χ1v) is 12.5. The van der Waals surface area contributed by atoms with Crippen LogP contribution in [0, 0.1) is 12.7 Å². The first kappa shape index (κ1) is 27.9. The van der Waals surface area contributed by atoms with Crippen molar-refractivity contribution in [2.24, 2.45) is 0 Å². The van der Waals surface area contributed by atoms with Crippen LogP contribution in [-0.2, 0) is 12.3 Å². The van der Waals surface area contributed by atoms with Crippen molar-refractivity contribution < 1.29 is 31.9 Å². The van der Waals surface area contributed by atoms with Gasteiger partial charge in [0.1, 0.15) is 11.3 Å². The van der Waals surface area contributed by atoms with E-state index in [1.54, 1.807) is 31.3 Å². The number of oxazole rings is 1. The van der Waals surface area contributed by atoms with Gasteiger partial charge in [-0.05, 0) is 67.7 Å². The quantitative estimate of drug-likeness (QED) is 0.139. The Balaban J connectivity index is 1.72. The molecule has 0 aliphatic carbocycles. The van der Waals surface area contributed by atoms with E-state index in [4.69, 9.17) is 13.9 Å². The average molecular weight is 539 g/mol. The number of aryl methyl sites for hydroxylation is 1. The Morgan fingerprint density at radius 1 is 1.13 bits per heavy atom. The van der Waals surface area contributed by atoms with Crippen molar-refractivity contribution in [1.82, 2.24) is 9.97 Å². The zero-order valence-electron chi connectivity index (χ0n) is 22.0. The number of benzene rings is 2. The topological polar surface area (TPSA) is 74.5 Å². The molecule has 4 aromatic rings. The van der Waals surface area contributed by atoms with Crippen molar-refractivity contribution in [2.75, 3.05) is 13.2 Å². The molecule has 0 N–H and O–H groups in total. The van der Waals surface area contributed by atoms with Gasteiger partial charge in [0, 0.05) is 18.3 Å². The molecule has 2 aromatic carbocycles. The Hall–Kier alpha value is -4.14. The zero-order chi connectivity index (χ0) is 28.2. The van der Waals surface area contributed by atoms with Crippen LogP contribution in [0.1, 0.15) is 59.3 Å². The number of Topliss-reactive ketones (excluding diaryl/α,β-unsaturated/α-hetero) is 1. The van der Waals surface area contributed by atoms with E-state index in [1.807, 2.05) is 19.1 Å². The second-order valence-electron chi connectivity index (χ2n) is 9.25. The standard InChI is InChI=1S/C30H29F3N2O4/c1-5-30(32,33)29-35-25-19(3)24(20(4)36)26(37-17-14-23-8-6-7-15-34-23)28(27(25)39-29)38-16-13-18(2)21-9-11-22(31)12-10-21/h5-12,15,18H,1,13-14,16-17H2,2-4H3. The summed E-state index contributed by atoms with van der Waals surface area (Å²) in [7, 11) is 0. The second kappa shape index (κ2) is 11.7. The summed E-state index contributed by atoms with van der Waals surface area (Å²) in [6.07, 6.45) is 3.05. The van der Waals surface area contributed by atoms with Crippen LogP contribution in [0.25, 0.3) is 11.1 Å². The fourth-order valence-corrected chi connectivity index (χ4v) is 4.26. The number of ether oxygens (including phenoxy) is 2. The third kappa shape index (κ3) is 6.13. The lowest BCUT2D eigenvalue weighted by atomic mass is 9.98. The van der Waals surface area contributed by atoms with E-state index in [9.17, 15) is 18.0 Å². The Morgan fingerprint density at radius 3 is 2.49 bits per heavy atom. The molecule has 2 heterocycles. The van der Waals surface area contributed by atoms with Gasteiger partial charge in [0.25, 0.3) is 5.89 Å². The van der Waals surface area contributed by atoms with E-state index in [0.717, 1.165) is 11.3 Å². The SMILES string of the molecule is C=CC(F)(F)c1nc2c(C)c(C(C)=O)c(OCCc3ccccn3)c(OCCC(C)c3ccc(F)cc3)c2o1. The smallest absolute Gasteiger partial charge is 0.340 e. The van der Waals surface area contributed by atoms with Gasteiger partial charge in [-0.25, -0.2) is 9.37 Å². The Kier molecular flexibility index (Phi) is 8.38. The first-order chi connectivity index (χ1) is 18.6. The number of pyridine rings is 1. The molecule has 0 amide bonds. The normalized spacial score (nSPS) is 12.4. The third-order valence-corrected chi connectivity index (χ3v) is 6.46. The highest BCUT2D eigenvalue weighted by molar-refractivity contribution is 6.05. The van der Waals surface area contributed by atoms with Crippen molar-refractivity contribution >= 4 is 16.9 Å². The minimum Gasteiger partial charge on any atom is -0.488 e. The predicted octanol–water partition coefficient (Wildman–Crippen LogP) is 7.34. The summed E-state index contributed by atoms with van der Waals surface area (Å²) in [4.78, 5) is 21.1. The number of nitrogens with zero attached hydrogens (tertiary/aromatic N) is 2. The molecule has 4 rings (SSSR count). The van der Waals surface area contributed by atoms with Gasteiger partial charge in [-0.3, -0.25) is 9.78 Å². The van der Waals surface area contributed by atoms with Crippen LogP contribution in [0.15, 0.2) is 65.7 Å². The lowest BCUT2D eigenvalue weighted by Gasteiger charge is -2.19. The maximum atomic E-state index is 14.5. The summed E-state index contributed by atoms with van der Waals surface area (Å²) in [5.41, 5.74) is 2.24. The Labute approximate surface area is 224 Å². The molecule has 1 unspecified atom stereocenters. The van der Waals surface area contributed by atoms with Gasteiger partial charge < -0.3 is 13.9 Å². The first-order valence-electron chi connectivity index (χ1n) is 12.5. The number of hydrogen-bond acceptors (Lipinski definition) is 6. The minimum absolute atomic E-state index is 0.00252. The van der Waals surface area contributed by atoms with Gasteiger partial charge in [0.05, 0.1) is 18.8 Å². The molecule has 6 nitrogen and oxygen atoms in total. The molecular formula is C30H29F3N2O4. The van der Waals surface area contributed by atoms with Gasteiger partial charge in [-0.15, -0.1) is 0 Å². The highest BCUT2D eigenvalue weighted by atomic mass is 19.3. The van der Waals surface area contributed by atoms with Gasteiger partial charge in [0.2, 0.25) is 11.3 Å². The van der Waals surface area contributed by atoms with Crippen molar-refractivity contribution in [3.63, 3.8) is 0 Å². The fourth-order valence-electron chi connectivity index (χ4n) is 4.26. The van der Waals surface area contributed by atoms with E-state index in [-0.39, 0.29) is 58.9 Å². The molecule has 0 spiro atoms. The molecule has 1 atom stereocenters. The lowest BCUT2D eigenvalue weighted by molar-refractivity contribution is 0.0237. The van der Waals surface area contributed by atoms with Gasteiger partial charge in [-0.2, -0.15) is 8.78 Å². The number of carbonyl (C=O) groups is 1. The van der Waals surface area contributed by atoms with Crippen LogP contribution < -0.4 is 9.47 Å². The lowest BCUT2D eigenvalue weighted by Crippen LogP contribution is -2.11. The number of rotatable bonds is 12. The van der Waals surface area contributed by atoms with E-state index < -0.39 is 11.8 Å². The highest BCUT2D eigenvalue weighted by Gasteiger charge is 2.36. The number of alkyl halides is 2. The number of halogens is 3. The number of carbonyl (C=O) groups excluding carboxylic acids is 1. The van der Waals surface area contributed by atoms with Crippen molar-refractivity contribution in [2.45, 2.75) is 45.5 Å². The summed E-state index contributed by atoms with van der Waals surface area (Å²) in [6, 6.07) is 11.7. The number of hydrogen-bond donors (Lipinski definition) is 0. The van der Waals surface area contributed by atoms with Crippen molar-refractivity contribution in [1.29, 1.82) is 0 Å². The Bertz CT molecular complexity index is 1470. The van der Waals surface area contributed by atoms with Crippen LogP contribution in [-0.4, -0.2) is 29.0 Å². The third-order valence-electron chi connectivity index (χ3n) is 6.46. The fraction of sp³-hybridized carbons (Fsp3) is 0.300. The molecule has 0 aliphatic heterocycles. The van der Waals surface area contributed by atoms with Gasteiger partial charge in [0.15, 0.2) is 11.5 Å². The maximum absolute atomic E-state index is 14.5. The predicted molar refractivity (Wildman–Crippen MR) is 141 cm³/mol. The largest absolute Gasteiger partial charge is 0.488 e. The van der Waals surface area contributed by atoms with Crippen LogP contribution >= 0.6 is 0 Å². The molecule has 39 heavy (non-hydrogen) atoms. The van der Waals surface area contributed by atoms with Crippen LogP contribution in [0.4, 0.5) is 13.2 Å². The minimum atomic E-state index is -3.53. The number of fused-ring (bicyclic) bond motifs is 1. The van der Waals surface area contributed by atoms with Gasteiger partial charge in [-0.1, -0.05) is 31.7 Å². The van der Waals surface area contributed by atoms with E-state index in [0.29, 0.717) is 24.5 Å². The van der Waals surface area contributed by atoms with Crippen LogP contribution in [0.2, 0.25) is 0 Å². The molecule has 0 saturated carbocycles. The second-order valence-corrected chi connectivity index (χ2v) is 9.25. The van der Waals surface area contributed by atoms with E-state index in [2.05, 4.69) is 16.5 Å². The summed E-state index contributed by atoms with van der Waals surface area (Å²) in [5, 5.41) is 0. The zero-order valence-corrected chi connectivity index (χ0v) is 22.0. The molecule has 0 fully saturated rings. The summed E-state index contributed by atoms with van der Waals surface area (Å²) in [6.45, 7) is 8.38. The summed E-state index contributed by atoms with van der Waals surface area (Å²) >= 11 is 0. The number of allylic oxidation sites excluding steroid dienone is 1. The Morgan fingerprint density at radius 2 is 1.85 bits per heavy atom. The summed E-state index contributed by atoms with van der Waals surface area (Å²) < 4.78 is 60.0.